The van der Waals surface area contributed by atoms with E-state index in [1.54, 1.807) is 0 Å². The maximum Gasteiger partial charge on any atom is 0.235 e. The van der Waals surface area contributed by atoms with Crippen molar-refractivity contribution in [2.24, 2.45) is 0 Å². The Balaban J connectivity index is 0.000000113. The fourth-order valence-electron chi connectivity index (χ4n) is 13.0. The van der Waals surface area contributed by atoms with Gasteiger partial charge in [-0.15, -0.1) is 0 Å². The van der Waals surface area contributed by atoms with Gasteiger partial charge in [0.2, 0.25) is 11.2 Å². The van der Waals surface area contributed by atoms with Crippen molar-refractivity contribution in [1.29, 1.82) is 0 Å². The van der Waals surface area contributed by atoms with Gasteiger partial charge in [-0.25, -0.2) is 19.9 Å². The van der Waals surface area contributed by atoms with Crippen LogP contribution in [0.25, 0.3) is 150 Å². The molecule has 0 saturated carbocycles. The standard InChI is InChI=1S/C38H23N3.C23H14.C16H11ClN2/c1-3-11-24(12-4-1)31-23-32(25-13-5-2-6-14-25)40-38(39-31)41-33-20-8-7-17-29(33)37-34(41)22-21-28-27-18-9-15-26-16-10-19-30(35(26)27)36(28)37;1-2-8-17-15(5-1)13-16-11-12-19-18-9-3-6-14-7-4-10-20(21(14)18)23(19)22(16)17;17-16-18-14(12-7-3-1-4-8-12)11-15(19-16)13-9-5-2-6-10-13/h1-23H;1-12H,13H2;1-11H. The van der Waals surface area contributed by atoms with Crippen LogP contribution in [-0.4, -0.2) is 24.5 Å². The van der Waals surface area contributed by atoms with E-state index in [0.717, 1.165) is 62.5 Å². The summed E-state index contributed by atoms with van der Waals surface area (Å²) in [6.07, 6.45) is 1.06. The summed E-state index contributed by atoms with van der Waals surface area (Å²) in [7, 11) is 0. The molecule has 0 aliphatic heterocycles. The SMILES string of the molecule is Clc1nc(-c2ccccc2)cc(-c2ccccc2)n1.c1ccc(-c2cc(-c3ccccc3)nc(-n3c4ccccc4c4c5c(ccc43)-c3cccc4cccc-5c34)n2)cc1.c1ccc2c(c1)Cc1ccc3c(c1-2)-c1cccc2cccc-3c12. The van der Waals surface area contributed by atoms with E-state index in [9.17, 15) is 0 Å². The van der Waals surface area contributed by atoms with Crippen LogP contribution in [0.2, 0.25) is 5.28 Å². The van der Waals surface area contributed by atoms with Crippen LogP contribution in [0, 0.1) is 0 Å². The molecule has 0 bridgehead atoms. The smallest absolute Gasteiger partial charge is 0.235 e. The van der Waals surface area contributed by atoms with Gasteiger partial charge < -0.3 is 0 Å². The molecule has 18 rings (SSSR count). The molecule has 3 heterocycles. The van der Waals surface area contributed by atoms with Gasteiger partial charge >= 0.3 is 0 Å². The Labute approximate surface area is 485 Å². The summed E-state index contributed by atoms with van der Waals surface area (Å²) < 4.78 is 2.24. The lowest BCUT2D eigenvalue weighted by molar-refractivity contribution is 0.996. The minimum absolute atomic E-state index is 0.264. The second-order valence-corrected chi connectivity index (χ2v) is 21.7. The first-order chi connectivity index (χ1) is 41.1. The largest absolute Gasteiger partial charge is 0.278 e. The minimum Gasteiger partial charge on any atom is -0.278 e. The van der Waals surface area contributed by atoms with E-state index in [1.165, 1.54) is 99.1 Å². The highest BCUT2D eigenvalue weighted by Gasteiger charge is 2.30. The number of benzene rings is 12. The van der Waals surface area contributed by atoms with E-state index in [-0.39, 0.29) is 5.28 Å². The van der Waals surface area contributed by atoms with Crippen LogP contribution in [0.15, 0.2) is 279 Å². The van der Waals surface area contributed by atoms with Crippen LogP contribution in [0.1, 0.15) is 11.1 Å². The summed E-state index contributed by atoms with van der Waals surface area (Å²) in [5.74, 6) is 0.671. The average Bonchev–Trinajstić information content (AvgIpc) is 1.95. The van der Waals surface area contributed by atoms with Gasteiger partial charge in [0.15, 0.2) is 0 Å². The highest BCUT2D eigenvalue weighted by Crippen LogP contribution is 2.55. The van der Waals surface area contributed by atoms with E-state index in [4.69, 9.17) is 21.6 Å². The minimum atomic E-state index is 0.264. The number of nitrogens with zero attached hydrogens (tertiary/aromatic N) is 5. The van der Waals surface area contributed by atoms with Crippen molar-refractivity contribution in [3.05, 3.63) is 295 Å². The molecule has 3 aliphatic carbocycles. The second-order valence-electron chi connectivity index (χ2n) is 21.3. The van der Waals surface area contributed by atoms with Crippen molar-refractivity contribution >= 4 is 55.0 Å². The fourth-order valence-corrected chi connectivity index (χ4v) is 13.2. The highest BCUT2D eigenvalue weighted by atomic mass is 35.5. The van der Waals surface area contributed by atoms with E-state index in [2.05, 4.69) is 215 Å². The Morgan fingerprint density at radius 1 is 0.289 bits per heavy atom. The van der Waals surface area contributed by atoms with Crippen LogP contribution < -0.4 is 0 Å². The number of hydrogen-bond donors (Lipinski definition) is 0. The number of para-hydroxylation sites is 1. The summed E-state index contributed by atoms with van der Waals surface area (Å²) in [6.45, 7) is 0. The molecule has 388 valence electrons. The summed E-state index contributed by atoms with van der Waals surface area (Å²) in [5.41, 5.74) is 26.5. The summed E-state index contributed by atoms with van der Waals surface area (Å²) >= 11 is 6.03. The molecule has 0 spiro atoms. The first kappa shape index (κ1) is 48.3. The average molecular weight is 1080 g/mol. The molecule has 0 atom stereocenters. The summed E-state index contributed by atoms with van der Waals surface area (Å²) in [4.78, 5) is 19.0. The molecular formula is C77H48ClN5. The Bertz CT molecular complexity index is 4930. The lowest BCUT2D eigenvalue weighted by Gasteiger charge is -2.12. The van der Waals surface area contributed by atoms with Gasteiger partial charge in [0, 0.05) is 38.6 Å². The summed E-state index contributed by atoms with van der Waals surface area (Å²) in [6, 6.07) is 98.1. The second kappa shape index (κ2) is 19.9. The predicted molar refractivity (Wildman–Crippen MR) is 344 cm³/mol. The van der Waals surface area contributed by atoms with Crippen molar-refractivity contribution < 1.29 is 0 Å². The molecule has 0 N–H and O–H groups in total. The molecule has 12 aromatic carbocycles. The monoisotopic (exact) mass is 1080 g/mol. The van der Waals surface area contributed by atoms with Gasteiger partial charge in [0.25, 0.3) is 0 Å². The van der Waals surface area contributed by atoms with Crippen molar-refractivity contribution in [2.75, 3.05) is 0 Å². The van der Waals surface area contributed by atoms with Crippen molar-refractivity contribution in [3.63, 3.8) is 0 Å². The molecular weight excluding hydrogens is 1030 g/mol. The third-order valence-corrected chi connectivity index (χ3v) is 16.8. The first-order valence-electron chi connectivity index (χ1n) is 28.1. The molecule has 0 fully saturated rings. The maximum absolute atomic E-state index is 6.03. The zero-order valence-corrected chi connectivity index (χ0v) is 45.6. The third-order valence-electron chi connectivity index (χ3n) is 16.6. The fraction of sp³-hybridized carbons (Fsp3) is 0.0130. The van der Waals surface area contributed by atoms with Crippen LogP contribution in [0.5, 0.6) is 0 Å². The van der Waals surface area contributed by atoms with Crippen molar-refractivity contribution in [1.82, 2.24) is 24.5 Å². The van der Waals surface area contributed by atoms with Crippen LogP contribution in [-0.2, 0) is 6.42 Å². The van der Waals surface area contributed by atoms with E-state index in [0.29, 0.717) is 5.95 Å². The van der Waals surface area contributed by atoms with Crippen LogP contribution in [0.3, 0.4) is 0 Å². The third kappa shape index (κ3) is 8.15. The number of hydrogen-bond acceptors (Lipinski definition) is 4. The van der Waals surface area contributed by atoms with Crippen molar-refractivity contribution in [3.8, 4) is 107 Å². The Morgan fingerprint density at radius 2 is 0.723 bits per heavy atom. The van der Waals surface area contributed by atoms with Crippen LogP contribution in [0.4, 0.5) is 0 Å². The molecule has 0 radical (unpaired) electrons. The van der Waals surface area contributed by atoms with Gasteiger partial charge in [0.1, 0.15) is 0 Å². The molecule has 83 heavy (non-hydrogen) atoms. The zero-order chi connectivity index (χ0) is 55.0. The van der Waals surface area contributed by atoms with Crippen LogP contribution >= 0.6 is 11.6 Å². The molecule has 0 amide bonds. The number of rotatable bonds is 5. The van der Waals surface area contributed by atoms with E-state index >= 15 is 0 Å². The molecule has 15 aromatic rings. The predicted octanol–water partition coefficient (Wildman–Crippen LogP) is 20.2. The molecule has 3 aromatic heterocycles. The number of halogens is 1. The van der Waals surface area contributed by atoms with Gasteiger partial charge in [-0.3, -0.25) is 4.57 Å². The zero-order valence-electron chi connectivity index (χ0n) is 44.9. The van der Waals surface area contributed by atoms with E-state index < -0.39 is 0 Å². The Kier molecular flexibility index (Phi) is 11.6. The topological polar surface area (TPSA) is 56.5 Å². The highest BCUT2D eigenvalue weighted by molar-refractivity contribution is 6.28. The van der Waals surface area contributed by atoms with Gasteiger partial charge in [-0.05, 0) is 125 Å². The lowest BCUT2D eigenvalue weighted by Crippen LogP contribution is -2.04. The maximum atomic E-state index is 6.03. The number of aromatic nitrogens is 5. The van der Waals surface area contributed by atoms with Gasteiger partial charge in [0.05, 0.1) is 33.8 Å². The summed E-state index contributed by atoms with van der Waals surface area (Å²) in [5, 5.41) is 8.10. The molecule has 0 saturated heterocycles. The Morgan fingerprint density at radius 3 is 1.28 bits per heavy atom. The Hall–Kier alpha value is -10.6. The van der Waals surface area contributed by atoms with Crippen molar-refractivity contribution in [2.45, 2.75) is 6.42 Å². The van der Waals surface area contributed by atoms with Gasteiger partial charge in [-0.1, -0.05) is 255 Å². The number of fused-ring (bicyclic) bond motifs is 14. The molecule has 3 aliphatic rings. The van der Waals surface area contributed by atoms with Gasteiger partial charge in [-0.2, -0.15) is 0 Å². The molecule has 0 unspecified atom stereocenters. The quantitative estimate of drug-likeness (QED) is 0.161. The normalized spacial score (nSPS) is 11.9. The lowest BCUT2D eigenvalue weighted by atomic mass is 9.93. The molecule has 5 nitrogen and oxygen atoms in total. The first-order valence-corrected chi connectivity index (χ1v) is 28.5. The molecule has 6 heteroatoms. The van der Waals surface area contributed by atoms with E-state index in [1.807, 2.05) is 78.9 Å².